The average molecular weight is 332 g/mol. The van der Waals surface area contributed by atoms with Crippen molar-refractivity contribution in [2.45, 2.75) is 32.0 Å². The van der Waals surface area contributed by atoms with E-state index in [4.69, 9.17) is 9.47 Å². The van der Waals surface area contributed by atoms with Crippen LogP contribution in [0.5, 0.6) is 0 Å². The second kappa shape index (κ2) is 8.15. The van der Waals surface area contributed by atoms with Gasteiger partial charge >= 0.3 is 6.09 Å². The van der Waals surface area contributed by atoms with E-state index in [1.165, 1.54) is 12.8 Å². The van der Waals surface area contributed by atoms with E-state index in [-0.39, 0.29) is 25.2 Å². The first-order valence-electron chi connectivity index (χ1n) is 8.54. The second-order valence-electron chi connectivity index (χ2n) is 6.44. The minimum absolute atomic E-state index is 0.0387. The number of benzene rings is 1. The summed E-state index contributed by atoms with van der Waals surface area (Å²) in [5.74, 6) is 0.639. The van der Waals surface area contributed by atoms with Gasteiger partial charge in [0.15, 0.2) is 0 Å². The third-order valence-electron chi connectivity index (χ3n) is 4.36. The summed E-state index contributed by atoms with van der Waals surface area (Å²) in [7, 11) is 0. The molecule has 1 saturated heterocycles. The van der Waals surface area contributed by atoms with E-state index in [2.05, 4.69) is 5.32 Å². The van der Waals surface area contributed by atoms with Gasteiger partial charge < -0.3 is 19.7 Å². The summed E-state index contributed by atoms with van der Waals surface area (Å²) in [6.07, 6.45) is 2.97. The van der Waals surface area contributed by atoms with Gasteiger partial charge in [0.25, 0.3) is 0 Å². The van der Waals surface area contributed by atoms with Crippen LogP contribution in [0.15, 0.2) is 30.3 Å². The quantitative estimate of drug-likeness (QED) is 0.828. The maximum atomic E-state index is 12.1. The summed E-state index contributed by atoms with van der Waals surface area (Å²) < 4.78 is 10.9. The van der Waals surface area contributed by atoms with E-state index >= 15 is 0 Å². The van der Waals surface area contributed by atoms with Crippen LogP contribution in [0.2, 0.25) is 0 Å². The van der Waals surface area contributed by atoms with Gasteiger partial charge in [-0.3, -0.25) is 4.79 Å². The Hall–Kier alpha value is -2.08. The van der Waals surface area contributed by atoms with Crippen LogP contribution in [0.4, 0.5) is 4.79 Å². The monoisotopic (exact) mass is 332 g/mol. The summed E-state index contributed by atoms with van der Waals surface area (Å²) in [5.41, 5.74) is 0.911. The van der Waals surface area contributed by atoms with Crippen LogP contribution < -0.4 is 5.32 Å². The van der Waals surface area contributed by atoms with Gasteiger partial charge in [0.1, 0.15) is 13.2 Å². The molecule has 0 bridgehead atoms. The third kappa shape index (κ3) is 5.23. The van der Waals surface area contributed by atoms with Crippen molar-refractivity contribution in [3.05, 3.63) is 35.9 Å². The summed E-state index contributed by atoms with van der Waals surface area (Å²) in [5, 5.41) is 2.51. The molecule has 1 aromatic rings. The van der Waals surface area contributed by atoms with Gasteiger partial charge in [-0.25, -0.2) is 4.79 Å². The van der Waals surface area contributed by atoms with E-state index in [1.807, 2.05) is 30.3 Å². The lowest BCUT2D eigenvalue weighted by molar-refractivity contribution is -0.129. The molecule has 6 nitrogen and oxygen atoms in total. The lowest BCUT2D eigenvalue weighted by Gasteiger charge is -2.17. The van der Waals surface area contributed by atoms with Crippen LogP contribution in [0.3, 0.4) is 0 Å². The van der Waals surface area contributed by atoms with E-state index in [0.717, 1.165) is 24.5 Å². The molecule has 0 radical (unpaired) electrons. The Balaban J connectivity index is 1.31. The number of alkyl carbamates (subject to hydrolysis) is 1. The predicted octanol–water partition coefficient (Wildman–Crippen LogP) is 1.94. The van der Waals surface area contributed by atoms with Gasteiger partial charge in [0.05, 0.1) is 6.10 Å². The fourth-order valence-corrected chi connectivity index (χ4v) is 2.68. The fraction of sp³-hybridized carbons (Fsp3) is 0.556. The zero-order valence-corrected chi connectivity index (χ0v) is 13.8. The molecule has 0 spiro atoms. The smallest absolute Gasteiger partial charge is 0.407 e. The van der Waals surface area contributed by atoms with Gasteiger partial charge in [0.2, 0.25) is 5.91 Å². The van der Waals surface area contributed by atoms with Crippen molar-refractivity contribution in [3.63, 3.8) is 0 Å². The number of hydrogen-bond donors (Lipinski definition) is 1. The van der Waals surface area contributed by atoms with Crippen molar-refractivity contribution < 1.29 is 19.1 Å². The minimum Gasteiger partial charge on any atom is -0.445 e. The average Bonchev–Trinajstić information content (AvgIpc) is 3.32. The SMILES string of the molecule is O=C(NCC(=O)N1CCC(OCC2CC2)C1)OCc1ccccc1. The van der Waals surface area contributed by atoms with Crippen molar-refractivity contribution >= 4 is 12.0 Å². The first kappa shape index (κ1) is 16.8. The predicted molar refractivity (Wildman–Crippen MR) is 88.3 cm³/mol. The third-order valence-corrected chi connectivity index (χ3v) is 4.36. The maximum Gasteiger partial charge on any atom is 0.407 e. The lowest BCUT2D eigenvalue weighted by Crippen LogP contribution is -2.39. The van der Waals surface area contributed by atoms with Crippen LogP contribution in [0.25, 0.3) is 0 Å². The summed E-state index contributed by atoms with van der Waals surface area (Å²) >= 11 is 0. The summed E-state index contributed by atoms with van der Waals surface area (Å²) in [6.45, 7) is 2.28. The van der Waals surface area contributed by atoms with Crippen LogP contribution in [0.1, 0.15) is 24.8 Å². The number of nitrogens with zero attached hydrogens (tertiary/aromatic N) is 1. The Morgan fingerprint density at radius 1 is 1.17 bits per heavy atom. The summed E-state index contributed by atoms with van der Waals surface area (Å²) in [4.78, 5) is 25.5. The van der Waals surface area contributed by atoms with Gasteiger partial charge in [-0.05, 0) is 30.7 Å². The Morgan fingerprint density at radius 2 is 1.96 bits per heavy atom. The molecule has 1 saturated carbocycles. The highest BCUT2D eigenvalue weighted by Crippen LogP contribution is 2.29. The standard InChI is InChI=1S/C18H24N2O4/c21-17(20-9-8-16(11-20)23-12-15-6-7-15)10-19-18(22)24-13-14-4-2-1-3-5-14/h1-5,15-16H,6-13H2,(H,19,22). The Morgan fingerprint density at radius 3 is 2.71 bits per heavy atom. The molecule has 6 heteroatoms. The number of likely N-dealkylation sites (tertiary alicyclic amines) is 1. The molecular weight excluding hydrogens is 308 g/mol. The second-order valence-corrected chi connectivity index (χ2v) is 6.44. The lowest BCUT2D eigenvalue weighted by atomic mass is 10.2. The topological polar surface area (TPSA) is 67.9 Å². The summed E-state index contributed by atoms with van der Waals surface area (Å²) in [6, 6.07) is 9.43. The van der Waals surface area contributed by atoms with Crippen LogP contribution in [-0.4, -0.2) is 49.2 Å². The van der Waals surface area contributed by atoms with Crippen LogP contribution in [0, 0.1) is 5.92 Å². The molecule has 1 aliphatic carbocycles. The zero-order chi connectivity index (χ0) is 16.8. The van der Waals surface area contributed by atoms with Crippen molar-refractivity contribution in [3.8, 4) is 0 Å². The first-order chi connectivity index (χ1) is 11.7. The maximum absolute atomic E-state index is 12.1. The number of ether oxygens (including phenoxy) is 2. The van der Waals surface area contributed by atoms with Crippen molar-refractivity contribution in [2.75, 3.05) is 26.2 Å². The highest BCUT2D eigenvalue weighted by Gasteiger charge is 2.29. The van der Waals surface area contributed by atoms with Crippen LogP contribution in [-0.2, 0) is 20.9 Å². The fourth-order valence-electron chi connectivity index (χ4n) is 2.68. The van der Waals surface area contributed by atoms with E-state index in [9.17, 15) is 9.59 Å². The molecular formula is C18H24N2O4. The largest absolute Gasteiger partial charge is 0.445 e. The highest BCUT2D eigenvalue weighted by molar-refractivity contribution is 5.82. The molecule has 0 aromatic heterocycles. The molecule has 1 aromatic carbocycles. The number of amides is 2. The van der Waals surface area contributed by atoms with Gasteiger partial charge in [-0.2, -0.15) is 0 Å². The number of hydrogen-bond acceptors (Lipinski definition) is 4. The number of carbonyl (C=O) groups is 2. The van der Waals surface area contributed by atoms with Crippen molar-refractivity contribution in [1.29, 1.82) is 0 Å². The van der Waals surface area contributed by atoms with Crippen LogP contribution >= 0.6 is 0 Å². The molecule has 2 aliphatic rings. The van der Waals surface area contributed by atoms with Crippen molar-refractivity contribution in [2.24, 2.45) is 5.92 Å². The Labute approximate surface area is 142 Å². The van der Waals surface area contributed by atoms with Crippen molar-refractivity contribution in [1.82, 2.24) is 10.2 Å². The highest BCUT2D eigenvalue weighted by atomic mass is 16.5. The molecule has 2 amide bonds. The molecule has 1 unspecified atom stereocenters. The molecule has 24 heavy (non-hydrogen) atoms. The van der Waals surface area contributed by atoms with Gasteiger partial charge in [-0.15, -0.1) is 0 Å². The normalized spacial score (nSPS) is 20.0. The molecule has 1 atom stereocenters. The molecule has 1 heterocycles. The van der Waals surface area contributed by atoms with Gasteiger partial charge in [0, 0.05) is 19.7 Å². The zero-order valence-electron chi connectivity index (χ0n) is 13.8. The number of nitrogens with one attached hydrogen (secondary N) is 1. The first-order valence-corrected chi connectivity index (χ1v) is 8.54. The Kier molecular flexibility index (Phi) is 5.69. The van der Waals surface area contributed by atoms with Gasteiger partial charge in [-0.1, -0.05) is 30.3 Å². The molecule has 1 N–H and O–H groups in total. The molecule has 2 fully saturated rings. The minimum atomic E-state index is -0.576. The Bertz CT molecular complexity index is 559. The van der Waals surface area contributed by atoms with E-state index in [0.29, 0.717) is 13.1 Å². The van der Waals surface area contributed by atoms with E-state index < -0.39 is 6.09 Å². The molecule has 3 rings (SSSR count). The van der Waals surface area contributed by atoms with E-state index in [1.54, 1.807) is 4.90 Å². The number of rotatable bonds is 7. The molecule has 1 aliphatic heterocycles. The molecule has 130 valence electrons. The number of carbonyl (C=O) groups excluding carboxylic acids is 2.